The van der Waals surface area contributed by atoms with E-state index in [0.29, 0.717) is 6.61 Å². The first kappa shape index (κ1) is 12.6. The second kappa shape index (κ2) is 5.27. The number of aryl methyl sites for hydroxylation is 1. The zero-order chi connectivity index (χ0) is 13.2. The molecule has 0 unspecified atom stereocenters. The molecule has 0 saturated heterocycles. The van der Waals surface area contributed by atoms with Gasteiger partial charge in [0.15, 0.2) is 0 Å². The molecule has 96 valence electrons. The molecule has 0 aliphatic heterocycles. The van der Waals surface area contributed by atoms with E-state index in [1.165, 1.54) is 5.56 Å². The summed E-state index contributed by atoms with van der Waals surface area (Å²) in [5.74, 6) is 0.789. The standard InChI is InChI=1S/C14H11BrN2OS/c1-9-4-5-17-14-11(3-2-10(15)13(9)14)18-8-12-16-6-7-19-12/h2-7H,8H2,1H3. The van der Waals surface area contributed by atoms with E-state index in [1.807, 2.05) is 23.6 Å². The van der Waals surface area contributed by atoms with Gasteiger partial charge in [0.25, 0.3) is 0 Å². The van der Waals surface area contributed by atoms with Crippen LogP contribution < -0.4 is 4.74 Å². The summed E-state index contributed by atoms with van der Waals surface area (Å²) < 4.78 is 6.87. The third-order valence-electron chi connectivity index (χ3n) is 2.85. The van der Waals surface area contributed by atoms with E-state index >= 15 is 0 Å². The average Bonchev–Trinajstić information content (AvgIpc) is 2.91. The molecular weight excluding hydrogens is 324 g/mol. The van der Waals surface area contributed by atoms with Crippen molar-refractivity contribution in [2.24, 2.45) is 0 Å². The maximum atomic E-state index is 5.84. The summed E-state index contributed by atoms with van der Waals surface area (Å²) in [6.07, 6.45) is 3.59. The second-order valence-corrected chi connectivity index (χ2v) is 5.94. The third-order valence-corrected chi connectivity index (χ3v) is 4.26. The molecule has 0 aliphatic rings. The lowest BCUT2D eigenvalue weighted by Gasteiger charge is -2.10. The Kier molecular flexibility index (Phi) is 3.48. The van der Waals surface area contributed by atoms with E-state index < -0.39 is 0 Å². The third kappa shape index (κ3) is 2.48. The number of fused-ring (bicyclic) bond motifs is 1. The molecule has 1 aromatic carbocycles. The van der Waals surface area contributed by atoms with Gasteiger partial charge in [-0.15, -0.1) is 11.3 Å². The van der Waals surface area contributed by atoms with Gasteiger partial charge in [-0.3, -0.25) is 4.98 Å². The van der Waals surface area contributed by atoms with Gasteiger partial charge < -0.3 is 4.74 Å². The molecule has 2 heterocycles. The summed E-state index contributed by atoms with van der Waals surface area (Å²) >= 11 is 5.15. The van der Waals surface area contributed by atoms with E-state index in [9.17, 15) is 0 Å². The highest BCUT2D eigenvalue weighted by Crippen LogP contribution is 2.32. The summed E-state index contributed by atoms with van der Waals surface area (Å²) in [6.45, 7) is 2.55. The molecule has 3 aromatic rings. The van der Waals surface area contributed by atoms with Crippen molar-refractivity contribution in [2.45, 2.75) is 13.5 Å². The van der Waals surface area contributed by atoms with Crippen LogP contribution in [-0.2, 0) is 6.61 Å². The fourth-order valence-corrected chi connectivity index (χ4v) is 3.10. The summed E-state index contributed by atoms with van der Waals surface area (Å²) in [5, 5.41) is 4.00. The Morgan fingerprint density at radius 3 is 2.89 bits per heavy atom. The summed E-state index contributed by atoms with van der Waals surface area (Å²) in [4.78, 5) is 8.64. The number of hydrogen-bond acceptors (Lipinski definition) is 4. The lowest BCUT2D eigenvalue weighted by atomic mass is 10.1. The van der Waals surface area contributed by atoms with Crippen LogP contribution in [0.2, 0.25) is 0 Å². The molecule has 0 atom stereocenters. The van der Waals surface area contributed by atoms with Gasteiger partial charge in [-0.25, -0.2) is 4.98 Å². The van der Waals surface area contributed by atoms with Crippen LogP contribution in [-0.4, -0.2) is 9.97 Å². The van der Waals surface area contributed by atoms with E-state index in [-0.39, 0.29) is 0 Å². The zero-order valence-electron chi connectivity index (χ0n) is 10.3. The quantitative estimate of drug-likeness (QED) is 0.714. The van der Waals surface area contributed by atoms with Gasteiger partial charge in [0.2, 0.25) is 0 Å². The van der Waals surface area contributed by atoms with E-state index in [2.05, 4.69) is 32.8 Å². The monoisotopic (exact) mass is 334 g/mol. The van der Waals surface area contributed by atoms with E-state index in [0.717, 1.165) is 26.1 Å². The maximum Gasteiger partial charge on any atom is 0.146 e. The van der Waals surface area contributed by atoms with Gasteiger partial charge >= 0.3 is 0 Å². The molecule has 3 nitrogen and oxygen atoms in total. The van der Waals surface area contributed by atoms with Crippen molar-refractivity contribution >= 4 is 38.2 Å². The molecule has 0 bridgehead atoms. The van der Waals surface area contributed by atoms with Gasteiger partial charge in [-0.1, -0.05) is 15.9 Å². The van der Waals surface area contributed by atoms with Crippen molar-refractivity contribution in [3.8, 4) is 5.75 Å². The first-order valence-electron chi connectivity index (χ1n) is 5.80. The zero-order valence-corrected chi connectivity index (χ0v) is 12.7. The molecule has 0 fully saturated rings. The molecule has 0 amide bonds. The highest BCUT2D eigenvalue weighted by Gasteiger charge is 2.09. The van der Waals surface area contributed by atoms with Crippen molar-refractivity contribution in [1.82, 2.24) is 9.97 Å². The minimum atomic E-state index is 0.476. The number of nitrogens with zero attached hydrogens (tertiary/aromatic N) is 2. The van der Waals surface area contributed by atoms with Gasteiger partial charge in [-0.2, -0.15) is 0 Å². The molecule has 0 spiro atoms. The highest BCUT2D eigenvalue weighted by molar-refractivity contribution is 9.10. The van der Waals surface area contributed by atoms with Crippen LogP contribution >= 0.6 is 27.3 Å². The van der Waals surface area contributed by atoms with Gasteiger partial charge in [-0.05, 0) is 30.7 Å². The number of halogens is 1. The van der Waals surface area contributed by atoms with Crippen LogP contribution in [0.3, 0.4) is 0 Å². The number of benzene rings is 1. The number of pyridine rings is 1. The molecule has 0 N–H and O–H groups in total. The van der Waals surface area contributed by atoms with Crippen LogP contribution in [0, 0.1) is 6.92 Å². The minimum Gasteiger partial charge on any atom is -0.484 e. The van der Waals surface area contributed by atoms with Crippen molar-refractivity contribution < 1.29 is 4.74 Å². The largest absolute Gasteiger partial charge is 0.484 e. The number of ether oxygens (including phenoxy) is 1. The first-order valence-corrected chi connectivity index (χ1v) is 7.48. The first-order chi connectivity index (χ1) is 9.25. The lowest BCUT2D eigenvalue weighted by Crippen LogP contribution is -1.97. The summed E-state index contributed by atoms with van der Waals surface area (Å²) in [5.41, 5.74) is 2.06. The van der Waals surface area contributed by atoms with Crippen molar-refractivity contribution in [3.05, 3.63) is 51.0 Å². The Balaban J connectivity index is 2.00. The van der Waals surface area contributed by atoms with Crippen LogP contribution in [0.1, 0.15) is 10.6 Å². The fraction of sp³-hybridized carbons (Fsp3) is 0.143. The SMILES string of the molecule is Cc1ccnc2c(OCc3nccs3)ccc(Br)c12. The summed E-state index contributed by atoms with van der Waals surface area (Å²) in [6, 6.07) is 5.93. The molecule has 0 saturated carbocycles. The number of aromatic nitrogens is 2. The van der Waals surface area contributed by atoms with Crippen LogP contribution in [0.15, 0.2) is 40.4 Å². The number of rotatable bonds is 3. The molecule has 0 aliphatic carbocycles. The lowest BCUT2D eigenvalue weighted by molar-refractivity contribution is 0.308. The maximum absolute atomic E-state index is 5.84. The molecule has 5 heteroatoms. The fourth-order valence-electron chi connectivity index (χ4n) is 1.94. The predicted octanol–water partition coefficient (Wildman–Crippen LogP) is 4.34. The molecule has 19 heavy (non-hydrogen) atoms. The Hall–Kier alpha value is -1.46. The van der Waals surface area contributed by atoms with Gasteiger partial charge in [0, 0.05) is 27.6 Å². The Labute approximate surface area is 123 Å². The Morgan fingerprint density at radius 2 is 2.11 bits per heavy atom. The second-order valence-electron chi connectivity index (χ2n) is 4.11. The number of hydrogen-bond donors (Lipinski definition) is 0. The van der Waals surface area contributed by atoms with Gasteiger partial charge in [0.1, 0.15) is 22.9 Å². The Bertz CT molecular complexity index is 705. The van der Waals surface area contributed by atoms with Crippen LogP contribution in [0.4, 0.5) is 0 Å². The van der Waals surface area contributed by atoms with Crippen molar-refractivity contribution in [3.63, 3.8) is 0 Å². The van der Waals surface area contributed by atoms with Gasteiger partial charge in [0.05, 0.1) is 0 Å². The van der Waals surface area contributed by atoms with E-state index in [1.54, 1.807) is 23.7 Å². The van der Waals surface area contributed by atoms with Crippen LogP contribution in [0.25, 0.3) is 10.9 Å². The molecule has 3 rings (SSSR count). The topological polar surface area (TPSA) is 35.0 Å². The normalized spacial score (nSPS) is 10.8. The van der Waals surface area contributed by atoms with Crippen molar-refractivity contribution in [1.29, 1.82) is 0 Å². The minimum absolute atomic E-state index is 0.476. The molecule has 2 aromatic heterocycles. The van der Waals surface area contributed by atoms with Crippen molar-refractivity contribution in [2.75, 3.05) is 0 Å². The highest BCUT2D eigenvalue weighted by atomic mass is 79.9. The summed E-state index contributed by atoms with van der Waals surface area (Å²) in [7, 11) is 0. The van der Waals surface area contributed by atoms with E-state index in [4.69, 9.17) is 4.74 Å². The smallest absolute Gasteiger partial charge is 0.146 e. The predicted molar refractivity (Wildman–Crippen MR) is 80.6 cm³/mol. The Morgan fingerprint density at radius 1 is 1.21 bits per heavy atom. The number of thiazole rings is 1. The molecular formula is C14H11BrN2OS. The molecule has 0 radical (unpaired) electrons. The van der Waals surface area contributed by atoms with Crippen LogP contribution in [0.5, 0.6) is 5.75 Å². The average molecular weight is 335 g/mol.